The molecule has 10 heteroatoms. The number of nitrogens with one attached hydrogen (secondary N) is 1. The maximum absolute atomic E-state index is 12.5. The largest absolute Gasteiger partial charge is 0.297 e. The van der Waals surface area contributed by atoms with Crippen molar-refractivity contribution in [3.63, 3.8) is 0 Å². The Morgan fingerprint density at radius 3 is 2.63 bits per heavy atom. The fourth-order valence-electron chi connectivity index (χ4n) is 2.57. The lowest BCUT2D eigenvalue weighted by molar-refractivity contribution is -0.384. The van der Waals surface area contributed by atoms with Crippen molar-refractivity contribution in [2.24, 2.45) is 0 Å². The van der Waals surface area contributed by atoms with Gasteiger partial charge < -0.3 is 0 Å². The van der Waals surface area contributed by atoms with Crippen LogP contribution < -0.4 is 4.72 Å². The van der Waals surface area contributed by atoms with Crippen LogP contribution in [0, 0.1) is 10.1 Å². The van der Waals surface area contributed by atoms with Crippen LogP contribution in [-0.2, 0) is 10.0 Å². The molecular formula is C17H12N4O4S2. The standard InChI is InChI=1S/C17H12N4O4S2/c22-21(23)14-4-6-15(7-5-14)27(24,25)19-13-3-1-2-12(10-13)16-11-20-8-9-26-17(20)18-16/h1-11,19H. The van der Waals surface area contributed by atoms with Gasteiger partial charge in [-0.25, -0.2) is 13.4 Å². The summed E-state index contributed by atoms with van der Waals surface area (Å²) in [6.07, 6.45) is 3.77. The van der Waals surface area contributed by atoms with Crippen molar-refractivity contribution in [1.82, 2.24) is 9.38 Å². The first-order chi connectivity index (χ1) is 12.9. The van der Waals surface area contributed by atoms with Crippen LogP contribution in [0.5, 0.6) is 0 Å². The van der Waals surface area contributed by atoms with Crippen LogP contribution in [-0.4, -0.2) is 22.7 Å². The van der Waals surface area contributed by atoms with Gasteiger partial charge in [-0.05, 0) is 24.3 Å². The quantitative estimate of drug-likeness (QED) is 0.405. The number of nitro benzene ring substituents is 1. The van der Waals surface area contributed by atoms with E-state index >= 15 is 0 Å². The Balaban J connectivity index is 1.62. The molecule has 0 radical (unpaired) electrons. The fraction of sp³-hybridized carbons (Fsp3) is 0. The SMILES string of the molecule is O=[N+]([O-])c1ccc(S(=O)(=O)Nc2cccc(-c3cn4ccsc4n3)c2)cc1. The highest BCUT2D eigenvalue weighted by Crippen LogP contribution is 2.25. The number of hydrogen-bond donors (Lipinski definition) is 1. The number of nitro groups is 1. The van der Waals surface area contributed by atoms with Gasteiger partial charge >= 0.3 is 0 Å². The average molecular weight is 400 g/mol. The summed E-state index contributed by atoms with van der Waals surface area (Å²) in [7, 11) is -3.86. The number of hydrogen-bond acceptors (Lipinski definition) is 6. The normalized spacial score (nSPS) is 11.6. The smallest absolute Gasteiger partial charge is 0.269 e. The molecule has 0 unspecified atom stereocenters. The number of sulfonamides is 1. The van der Waals surface area contributed by atoms with Crippen molar-refractivity contribution in [1.29, 1.82) is 0 Å². The summed E-state index contributed by atoms with van der Waals surface area (Å²) in [6, 6.07) is 11.6. The van der Waals surface area contributed by atoms with E-state index in [1.54, 1.807) is 18.2 Å². The average Bonchev–Trinajstić information content (AvgIpc) is 3.23. The van der Waals surface area contributed by atoms with E-state index in [1.165, 1.54) is 23.5 Å². The number of fused-ring (bicyclic) bond motifs is 1. The van der Waals surface area contributed by atoms with Crippen molar-refractivity contribution in [2.75, 3.05) is 4.72 Å². The minimum atomic E-state index is -3.86. The molecule has 27 heavy (non-hydrogen) atoms. The van der Waals surface area contributed by atoms with Crippen LogP contribution in [0.15, 0.2) is 71.2 Å². The molecule has 8 nitrogen and oxygen atoms in total. The Morgan fingerprint density at radius 1 is 1.15 bits per heavy atom. The summed E-state index contributed by atoms with van der Waals surface area (Å²) in [4.78, 5) is 15.4. The van der Waals surface area contributed by atoms with Gasteiger partial charge in [-0.1, -0.05) is 12.1 Å². The van der Waals surface area contributed by atoms with E-state index in [2.05, 4.69) is 9.71 Å². The molecule has 2 heterocycles. The Kier molecular flexibility index (Phi) is 4.13. The van der Waals surface area contributed by atoms with Gasteiger partial charge in [-0.3, -0.25) is 19.2 Å². The molecule has 0 saturated carbocycles. The number of anilines is 1. The van der Waals surface area contributed by atoms with Crippen LogP contribution in [0.4, 0.5) is 11.4 Å². The Hall–Kier alpha value is -3.24. The summed E-state index contributed by atoms with van der Waals surface area (Å²) in [6.45, 7) is 0. The number of imidazole rings is 1. The van der Waals surface area contributed by atoms with Gasteiger partial charge in [0, 0.05) is 41.2 Å². The van der Waals surface area contributed by atoms with Gasteiger partial charge in [-0.2, -0.15) is 0 Å². The van der Waals surface area contributed by atoms with Crippen LogP contribution in [0.3, 0.4) is 0 Å². The molecule has 0 spiro atoms. The van der Waals surface area contributed by atoms with E-state index in [0.717, 1.165) is 28.4 Å². The summed E-state index contributed by atoms with van der Waals surface area (Å²) in [5.41, 5.74) is 1.71. The second-order valence-corrected chi connectivity index (χ2v) is 8.21. The topological polar surface area (TPSA) is 107 Å². The molecule has 4 aromatic rings. The molecule has 0 atom stereocenters. The molecule has 2 aromatic heterocycles. The predicted octanol–water partition coefficient (Wildman–Crippen LogP) is 3.77. The van der Waals surface area contributed by atoms with Crippen molar-refractivity contribution in [2.45, 2.75) is 4.90 Å². The minimum absolute atomic E-state index is 0.0546. The van der Waals surface area contributed by atoms with E-state index in [9.17, 15) is 18.5 Å². The number of thiazole rings is 1. The lowest BCUT2D eigenvalue weighted by Gasteiger charge is -2.09. The molecule has 4 rings (SSSR count). The number of nitrogens with zero attached hydrogens (tertiary/aromatic N) is 3. The van der Waals surface area contributed by atoms with Crippen molar-refractivity contribution < 1.29 is 13.3 Å². The second kappa shape index (κ2) is 6.49. The summed E-state index contributed by atoms with van der Waals surface area (Å²) in [5, 5.41) is 12.6. The molecule has 0 aliphatic rings. The zero-order chi connectivity index (χ0) is 19.0. The Bertz CT molecular complexity index is 1210. The number of benzene rings is 2. The third-order valence-electron chi connectivity index (χ3n) is 3.86. The molecule has 0 bridgehead atoms. The first-order valence-electron chi connectivity index (χ1n) is 7.72. The minimum Gasteiger partial charge on any atom is -0.297 e. The maximum Gasteiger partial charge on any atom is 0.269 e. The lowest BCUT2D eigenvalue weighted by Crippen LogP contribution is -2.12. The summed E-state index contributed by atoms with van der Waals surface area (Å²) < 4.78 is 29.5. The maximum atomic E-state index is 12.5. The summed E-state index contributed by atoms with van der Waals surface area (Å²) >= 11 is 1.51. The zero-order valence-electron chi connectivity index (χ0n) is 13.6. The van der Waals surface area contributed by atoms with Crippen LogP contribution in [0.1, 0.15) is 0 Å². The lowest BCUT2D eigenvalue weighted by atomic mass is 10.1. The second-order valence-electron chi connectivity index (χ2n) is 5.66. The van der Waals surface area contributed by atoms with Gasteiger partial charge in [0.05, 0.1) is 15.5 Å². The van der Waals surface area contributed by atoms with Crippen LogP contribution in [0.2, 0.25) is 0 Å². The molecule has 1 N–H and O–H groups in total. The van der Waals surface area contributed by atoms with E-state index in [-0.39, 0.29) is 10.6 Å². The Labute approximate surface area is 157 Å². The van der Waals surface area contributed by atoms with Gasteiger partial charge in [0.1, 0.15) is 0 Å². The third kappa shape index (κ3) is 3.39. The van der Waals surface area contributed by atoms with E-state index in [1.807, 2.05) is 28.2 Å². The van der Waals surface area contributed by atoms with Crippen molar-refractivity contribution >= 4 is 37.7 Å². The first kappa shape index (κ1) is 17.2. The molecular weight excluding hydrogens is 388 g/mol. The van der Waals surface area contributed by atoms with E-state index in [4.69, 9.17) is 0 Å². The fourth-order valence-corrected chi connectivity index (χ4v) is 4.32. The van der Waals surface area contributed by atoms with Gasteiger partial charge in [0.2, 0.25) is 0 Å². The highest BCUT2D eigenvalue weighted by molar-refractivity contribution is 7.92. The van der Waals surface area contributed by atoms with E-state index in [0.29, 0.717) is 5.69 Å². The Morgan fingerprint density at radius 2 is 1.93 bits per heavy atom. The van der Waals surface area contributed by atoms with Crippen molar-refractivity contribution in [3.05, 3.63) is 76.4 Å². The molecule has 136 valence electrons. The molecule has 0 saturated heterocycles. The monoisotopic (exact) mass is 400 g/mol. The number of aromatic nitrogens is 2. The summed E-state index contributed by atoms with van der Waals surface area (Å²) in [5.74, 6) is 0. The third-order valence-corrected chi connectivity index (χ3v) is 6.03. The highest BCUT2D eigenvalue weighted by atomic mass is 32.2. The van der Waals surface area contributed by atoms with Gasteiger partial charge in [0.15, 0.2) is 4.96 Å². The highest BCUT2D eigenvalue weighted by Gasteiger charge is 2.16. The van der Waals surface area contributed by atoms with Crippen molar-refractivity contribution in [3.8, 4) is 11.3 Å². The molecule has 0 aliphatic heterocycles. The number of rotatable bonds is 5. The van der Waals surface area contributed by atoms with Crippen LogP contribution >= 0.6 is 11.3 Å². The predicted molar refractivity (Wildman–Crippen MR) is 102 cm³/mol. The van der Waals surface area contributed by atoms with Crippen LogP contribution in [0.25, 0.3) is 16.2 Å². The van der Waals surface area contributed by atoms with Gasteiger partial charge in [0.25, 0.3) is 15.7 Å². The first-order valence-corrected chi connectivity index (χ1v) is 10.1. The molecule has 0 amide bonds. The number of non-ortho nitro benzene ring substituents is 1. The van der Waals surface area contributed by atoms with E-state index < -0.39 is 14.9 Å². The molecule has 2 aromatic carbocycles. The molecule has 0 fully saturated rings. The zero-order valence-corrected chi connectivity index (χ0v) is 15.3. The molecule has 0 aliphatic carbocycles. The van der Waals surface area contributed by atoms with Gasteiger partial charge in [-0.15, -0.1) is 11.3 Å².